The molecule has 11 aromatic rings. The summed E-state index contributed by atoms with van der Waals surface area (Å²) < 4.78 is 2.55. The van der Waals surface area contributed by atoms with E-state index < -0.39 is 0 Å². The minimum Gasteiger partial charge on any atom is -0.309 e. The third-order valence-corrected chi connectivity index (χ3v) is 12.9. The molecule has 0 saturated carbocycles. The number of fused-ring (bicyclic) bond motifs is 4. The van der Waals surface area contributed by atoms with Crippen molar-refractivity contribution in [2.75, 3.05) is 4.90 Å². The van der Waals surface area contributed by atoms with Gasteiger partial charge in [-0.2, -0.15) is 0 Å². The summed E-state index contributed by atoms with van der Waals surface area (Å²) in [7, 11) is 0. The van der Waals surface area contributed by atoms with E-state index in [9.17, 15) is 0 Å². The monoisotopic (exact) mass is 781 g/mol. The van der Waals surface area contributed by atoms with Gasteiger partial charge in [-0.25, -0.2) is 0 Å². The summed E-state index contributed by atoms with van der Waals surface area (Å²) in [6.45, 7) is 0. The predicted octanol–water partition coefficient (Wildman–Crippen LogP) is 17.0. The van der Waals surface area contributed by atoms with Crippen LogP contribution in [0.2, 0.25) is 0 Å². The van der Waals surface area contributed by atoms with E-state index in [2.05, 4.69) is 241 Å². The van der Waals surface area contributed by atoms with E-state index in [4.69, 9.17) is 0 Å². The lowest BCUT2D eigenvalue weighted by molar-refractivity contribution is 1.30. The van der Waals surface area contributed by atoms with Gasteiger partial charge in [-0.1, -0.05) is 200 Å². The summed E-state index contributed by atoms with van der Waals surface area (Å²) in [5.41, 5.74) is 15.5. The number of nitrogens with zero attached hydrogens (tertiary/aromatic N) is 1. The van der Waals surface area contributed by atoms with Crippen LogP contribution in [-0.4, -0.2) is 0 Å². The van der Waals surface area contributed by atoms with Crippen LogP contribution in [-0.2, 0) is 0 Å². The highest BCUT2D eigenvalue weighted by Gasteiger charge is 2.22. The average Bonchev–Trinajstić information content (AvgIpc) is 3.72. The largest absolute Gasteiger partial charge is 0.309 e. The van der Waals surface area contributed by atoms with Crippen LogP contribution >= 0.6 is 11.3 Å². The Bertz CT molecular complexity index is 3260. The maximum Gasteiger partial charge on any atom is 0.0646 e. The zero-order valence-corrected chi connectivity index (χ0v) is 33.7. The van der Waals surface area contributed by atoms with E-state index in [-0.39, 0.29) is 0 Å². The van der Waals surface area contributed by atoms with Crippen molar-refractivity contribution in [3.8, 4) is 55.6 Å². The van der Waals surface area contributed by atoms with Crippen LogP contribution in [0.1, 0.15) is 0 Å². The van der Waals surface area contributed by atoms with Crippen LogP contribution in [0.4, 0.5) is 17.1 Å². The van der Waals surface area contributed by atoms with Crippen LogP contribution in [0.5, 0.6) is 0 Å². The molecule has 0 unspecified atom stereocenters. The highest BCUT2D eigenvalue weighted by atomic mass is 32.1. The molecule has 60 heavy (non-hydrogen) atoms. The van der Waals surface area contributed by atoms with E-state index >= 15 is 0 Å². The van der Waals surface area contributed by atoms with Gasteiger partial charge >= 0.3 is 0 Å². The number of benzene rings is 10. The first-order valence-corrected chi connectivity index (χ1v) is 21.3. The molecule has 0 atom stereocenters. The van der Waals surface area contributed by atoms with Crippen molar-refractivity contribution in [1.82, 2.24) is 0 Å². The van der Waals surface area contributed by atoms with Crippen LogP contribution in [0.15, 0.2) is 237 Å². The summed E-state index contributed by atoms with van der Waals surface area (Å²) in [6.07, 6.45) is 0. The molecule has 1 nitrogen and oxygen atoms in total. The SMILES string of the molecule is c1ccc(-c2ccc(N(c3ccc(-c4cccc5cccc(-c6ccccc6)c45)cc3)c3cc(-c4ccccc4)cc4c3sc3c(-c5ccccc5)cccc34)cc2)cc1. The fraction of sp³-hybridized carbons (Fsp3) is 0. The van der Waals surface area contributed by atoms with Gasteiger partial charge < -0.3 is 4.90 Å². The first kappa shape index (κ1) is 35.6. The maximum absolute atomic E-state index is 2.46. The lowest BCUT2D eigenvalue weighted by Crippen LogP contribution is -2.10. The molecule has 0 spiro atoms. The van der Waals surface area contributed by atoms with Crippen molar-refractivity contribution in [3.63, 3.8) is 0 Å². The predicted molar refractivity (Wildman–Crippen MR) is 259 cm³/mol. The second-order valence-corrected chi connectivity index (χ2v) is 16.3. The molecule has 0 fully saturated rings. The molecule has 1 aromatic heterocycles. The lowest BCUT2D eigenvalue weighted by Gasteiger charge is -2.27. The van der Waals surface area contributed by atoms with Crippen LogP contribution in [0.3, 0.4) is 0 Å². The van der Waals surface area contributed by atoms with E-state index in [0.29, 0.717) is 0 Å². The molecule has 11 rings (SSSR count). The molecule has 0 saturated heterocycles. The van der Waals surface area contributed by atoms with Crippen LogP contribution in [0.25, 0.3) is 86.6 Å². The Kier molecular flexibility index (Phi) is 9.11. The number of hydrogen-bond acceptors (Lipinski definition) is 2. The van der Waals surface area contributed by atoms with Gasteiger partial charge in [0, 0.05) is 26.8 Å². The lowest BCUT2D eigenvalue weighted by atomic mass is 9.91. The fourth-order valence-electron chi connectivity index (χ4n) is 8.78. The highest BCUT2D eigenvalue weighted by Crippen LogP contribution is 2.49. The molecule has 0 bridgehead atoms. The smallest absolute Gasteiger partial charge is 0.0646 e. The third-order valence-electron chi connectivity index (χ3n) is 11.7. The van der Waals surface area contributed by atoms with Crippen molar-refractivity contribution < 1.29 is 0 Å². The molecular formula is C58H39NS. The molecule has 2 heteroatoms. The van der Waals surface area contributed by atoms with Crippen LogP contribution < -0.4 is 4.90 Å². The number of hydrogen-bond donors (Lipinski definition) is 0. The molecule has 10 aromatic carbocycles. The number of anilines is 3. The summed E-state index contributed by atoms with van der Waals surface area (Å²) in [5.74, 6) is 0. The fourth-order valence-corrected chi connectivity index (χ4v) is 10.1. The van der Waals surface area contributed by atoms with Gasteiger partial charge in [-0.05, 0) is 103 Å². The van der Waals surface area contributed by atoms with Crippen molar-refractivity contribution in [3.05, 3.63) is 237 Å². The Labute approximate surface area is 354 Å². The Morgan fingerprint density at radius 1 is 0.283 bits per heavy atom. The molecule has 282 valence electrons. The Balaban J connectivity index is 1.13. The summed E-state index contributed by atoms with van der Waals surface area (Å²) in [4.78, 5) is 2.46. The maximum atomic E-state index is 2.46. The Hall–Kier alpha value is -7.52. The molecular weight excluding hydrogens is 743 g/mol. The van der Waals surface area contributed by atoms with E-state index in [1.54, 1.807) is 0 Å². The number of rotatable bonds is 8. The van der Waals surface area contributed by atoms with Gasteiger partial charge in [0.2, 0.25) is 0 Å². The van der Waals surface area contributed by atoms with E-state index in [0.717, 1.165) is 17.1 Å². The quantitative estimate of drug-likeness (QED) is 0.148. The zero-order valence-electron chi connectivity index (χ0n) is 32.9. The molecule has 0 aliphatic carbocycles. The standard InChI is InChI=1S/C58H39NS/c1-5-16-40(17-6-1)42-30-34-48(35-31-42)59(49-36-32-45(33-37-49)51-27-14-25-46-24-13-26-50(56(46)51)43-20-9-3-10-21-43)55-39-47(41-18-7-2-8-19-41)38-54-53-29-15-28-52(57(53)60-58(54)55)44-22-11-4-12-23-44/h1-39H. The topological polar surface area (TPSA) is 3.24 Å². The zero-order chi connectivity index (χ0) is 39.8. The van der Waals surface area contributed by atoms with Crippen molar-refractivity contribution >= 4 is 59.3 Å². The van der Waals surface area contributed by atoms with Crippen molar-refractivity contribution in [2.45, 2.75) is 0 Å². The summed E-state index contributed by atoms with van der Waals surface area (Å²) in [6, 6.07) is 86.1. The number of thiophene rings is 1. The minimum absolute atomic E-state index is 1.10. The van der Waals surface area contributed by atoms with Crippen molar-refractivity contribution in [2.24, 2.45) is 0 Å². The van der Waals surface area contributed by atoms with E-state index in [1.165, 1.54) is 86.6 Å². The molecule has 0 aliphatic rings. The summed E-state index contributed by atoms with van der Waals surface area (Å²) >= 11 is 1.89. The summed E-state index contributed by atoms with van der Waals surface area (Å²) in [5, 5.41) is 5.04. The van der Waals surface area contributed by atoms with Gasteiger partial charge in [0.15, 0.2) is 0 Å². The van der Waals surface area contributed by atoms with E-state index in [1.807, 2.05) is 11.3 Å². The molecule has 1 heterocycles. The van der Waals surface area contributed by atoms with Crippen LogP contribution in [0, 0.1) is 0 Å². The second-order valence-electron chi connectivity index (χ2n) is 15.3. The second kappa shape index (κ2) is 15.3. The Morgan fingerprint density at radius 2 is 0.717 bits per heavy atom. The first-order valence-electron chi connectivity index (χ1n) is 20.5. The average molecular weight is 782 g/mol. The van der Waals surface area contributed by atoms with Crippen molar-refractivity contribution in [1.29, 1.82) is 0 Å². The van der Waals surface area contributed by atoms with Gasteiger partial charge in [0.25, 0.3) is 0 Å². The van der Waals surface area contributed by atoms with Gasteiger partial charge in [-0.15, -0.1) is 11.3 Å². The first-order chi connectivity index (χ1) is 29.8. The molecule has 0 radical (unpaired) electrons. The highest BCUT2D eigenvalue weighted by molar-refractivity contribution is 7.27. The van der Waals surface area contributed by atoms with Gasteiger partial charge in [0.1, 0.15) is 0 Å². The van der Waals surface area contributed by atoms with Gasteiger partial charge in [0.05, 0.1) is 10.4 Å². The normalized spacial score (nSPS) is 11.3. The third kappa shape index (κ3) is 6.44. The van der Waals surface area contributed by atoms with Gasteiger partial charge in [-0.3, -0.25) is 0 Å². The molecule has 0 aliphatic heterocycles. The Morgan fingerprint density at radius 3 is 1.28 bits per heavy atom. The molecule has 0 N–H and O–H groups in total. The molecule has 0 amide bonds. The minimum atomic E-state index is 1.10.